The largest absolute Gasteiger partial charge is 0.394 e. The van der Waals surface area contributed by atoms with Gasteiger partial charge in [-0.05, 0) is 36.3 Å². The lowest BCUT2D eigenvalue weighted by molar-refractivity contribution is -0.136. The SMILES string of the molecule is Cc1cccc(C(C)C)c1NC(=O)C(=O)NC(CO)CC(C)C. The van der Waals surface area contributed by atoms with Gasteiger partial charge in [0.25, 0.3) is 0 Å². The highest BCUT2D eigenvalue weighted by molar-refractivity contribution is 6.39. The summed E-state index contributed by atoms with van der Waals surface area (Å²) in [6.07, 6.45) is 0.622. The Balaban J connectivity index is 2.82. The van der Waals surface area contributed by atoms with Crippen molar-refractivity contribution in [1.29, 1.82) is 0 Å². The van der Waals surface area contributed by atoms with Crippen molar-refractivity contribution in [1.82, 2.24) is 5.32 Å². The predicted octanol–water partition coefficient (Wildman–Crippen LogP) is 2.58. The summed E-state index contributed by atoms with van der Waals surface area (Å²) >= 11 is 0. The van der Waals surface area contributed by atoms with Crippen LogP contribution in [0, 0.1) is 12.8 Å². The fourth-order valence-electron chi connectivity index (χ4n) is 2.51. The van der Waals surface area contributed by atoms with Crippen LogP contribution in [0.1, 0.15) is 51.2 Å². The summed E-state index contributed by atoms with van der Waals surface area (Å²) in [6.45, 7) is 9.78. The lowest BCUT2D eigenvalue weighted by atomic mass is 9.98. The molecule has 1 rings (SSSR count). The van der Waals surface area contributed by atoms with E-state index in [1.807, 2.05) is 52.8 Å². The molecule has 2 amide bonds. The van der Waals surface area contributed by atoms with E-state index in [1.165, 1.54) is 0 Å². The molecule has 0 radical (unpaired) electrons. The summed E-state index contributed by atoms with van der Waals surface area (Å²) < 4.78 is 0. The Morgan fingerprint density at radius 1 is 1.13 bits per heavy atom. The Kier molecular flexibility index (Phi) is 7.23. The topological polar surface area (TPSA) is 78.4 Å². The quantitative estimate of drug-likeness (QED) is 0.705. The summed E-state index contributed by atoms with van der Waals surface area (Å²) in [6, 6.07) is 5.37. The molecule has 23 heavy (non-hydrogen) atoms. The van der Waals surface area contributed by atoms with Crippen LogP contribution in [0.25, 0.3) is 0 Å². The first-order valence-electron chi connectivity index (χ1n) is 8.08. The van der Waals surface area contributed by atoms with Crippen molar-refractivity contribution in [3.8, 4) is 0 Å². The van der Waals surface area contributed by atoms with Gasteiger partial charge in [0.05, 0.1) is 12.6 Å². The number of hydrogen-bond donors (Lipinski definition) is 3. The number of para-hydroxylation sites is 1. The van der Waals surface area contributed by atoms with E-state index in [9.17, 15) is 14.7 Å². The third-order valence-electron chi connectivity index (χ3n) is 3.68. The third-order valence-corrected chi connectivity index (χ3v) is 3.68. The molecule has 1 aromatic rings. The standard InChI is InChI=1S/C18H28N2O3/c1-11(2)9-14(10-21)19-17(22)18(23)20-16-13(5)7-6-8-15(16)12(3)4/h6-8,11-12,14,21H,9-10H2,1-5H3,(H,19,22)(H,20,23). The van der Waals surface area contributed by atoms with Crippen LogP contribution < -0.4 is 10.6 Å². The Hall–Kier alpha value is -1.88. The first kappa shape index (κ1) is 19.2. The molecule has 5 heteroatoms. The lowest BCUT2D eigenvalue weighted by Gasteiger charge is -2.19. The molecule has 128 valence electrons. The molecule has 0 aliphatic carbocycles. The summed E-state index contributed by atoms with van der Waals surface area (Å²) in [5.41, 5.74) is 2.59. The first-order valence-corrected chi connectivity index (χ1v) is 8.08. The van der Waals surface area contributed by atoms with Crippen LogP contribution in [0.5, 0.6) is 0 Å². The Labute approximate surface area is 138 Å². The van der Waals surface area contributed by atoms with Gasteiger partial charge >= 0.3 is 11.8 Å². The zero-order valence-electron chi connectivity index (χ0n) is 14.6. The molecule has 0 spiro atoms. The maximum absolute atomic E-state index is 12.2. The van der Waals surface area contributed by atoms with Crippen LogP contribution in [0.4, 0.5) is 5.69 Å². The second-order valence-corrected chi connectivity index (χ2v) is 6.63. The van der Waals surface area contributed by atoms with E-state index in [0.29, 0.717) is 18.0 Å². The first-order chi connectivity index (χ1) is 10.8. The lowest BCUT2D eigenvalue weighted by Crippen LogP contribution is -2.44. The Bertz CT molecular complexity index is 553. The highest BCUT2D eigenvalue weighted by Crippen LogP contribution is 2.27. The van der Waals surface area contributed by atoms with Crippen molar-refractivity contribution < 1.29 is 14.7 Å². The number of aryl methyl sites for hydroxylation is 1. The van der Waals surface area contributed by atoms with Crippen molar-refractivity contribution in [3.63, 3.8) is 0 Å². The molecular weight excluding hydrogens is 292 g/mol. The molecular formula is C18H28N2O3. The number of hydrogen-bond acceptors (Lipinski definition) is 3. The monoisotopic (exact) mass is 320 g/mol. The third kappa shape index (κ3) is 5.67. The van der Waals surface area contributed by atoms with Crippen molar-refractivity contribution in [2.45, 2.75) is 53.0 Å². The smallest absolute Gasteiger partial charge is 0.313 e. The molecule has 0 saturated carbocycles. The van der Waals surface area contributed by atoms with Gasteiger partial charge in [0, 0.05) is 5.69 Å². The summed E-state index contributed by atoms with van der Waals surface area (Å²) in [5, 5.41) is 14.6. The van der Waals surface area contributed by atoms with Crippen molar-refractivity contribution >= 4 is 17.5 Å². The zero-order valence-corrected chi connectivity index (χ0v) is 14.6. The van der Waals surface area contributed by atoms with E-state index in [-0.39, 0.29) is 12.5 Å². The van der Waals surface area contributed by atoms with Gasteiger partial charge < -0.3 is 15.7 Å². The number of benzene rings is 1. The van der Waals surface area contributed by atoms with E-state index < -0.39 is 17.9 Å². The molecule has 0 heterocycles. The number of aliphatic hydroxyl groups excluding tert-OH is 1. The van der Waals surface area contributed by atoms with E-state index in [0.717, 1.165) is 11.1 Å². The number of anilines is 1. The molecule has 1 atom stereocenters. The van der Waals surface area contributed by atoms with Crippen LogP contribution in [0.3, 0.4) is 0 Å². The van der Waals surface area contributed by atoms with Crippen molar-refractivity contribution in [2.24, 2.45) is 5.92 Å². The minimum Gasteiger partial charge on any atom is -0.394 e. The minimum atomic E-state index is -0.720. The fraction of sp³-hybridized carbons (Fsp3) is 0.556. The van der Waals surface area contributed by atoms with Gasteiger partial charge in [-0.25, -0.2) is 0 Å². The van der Waals surface area contributed by atoms with Gasteiger partial charge in [0.1, 0.15) is 0 Å². The molecule has 0 bridgehead atoms. The van der Waals surface area contributed by atoms with Gasteiger partial charge in [-0.15, -0.1) is 0 Å². The summed E-state index contributed by atoms with van der Waals surface area (Å²) in [7, 11) is 0. The van der Waals surface area contributed by atoms with Gasteiger partial charge in [-0.1, -0.05) is 45.9 Å². The van der Waals surface area contributed by atoms with Crippen LogP contribution in [-0.2, 0) is 9.59 Å². The van der Waals surface area contributed by atoms with Crippen molar-refractivity contribution in [2.75, 3.05) is 11.9 Å². The number of rotatable bonds is 6. The molecule has 1 unspecified atom stereocenters. The van der Waals surface area contributed by atoms with Crippen LogP contribution >= 0.6 is 0 Å². The molecule has 0 fully saturated rings. The van der Waals surface area contributed by atoms with E-state index in [2.05, 4.69) is 10.6 Å². The number of nitrogens with one attached hydrogen (secondary N) is 2. The second kappa shape index (κ2) is 8.67. The number of carbonyl (C=O) groups is 2. The highest BCUT2D eigenvalue weighted by Gasteiger charge is 2.21. The average molecular weight is 320 g/mol. The van der Waals surface area contributed by atoms with E-state index in [4.69, 9.17) is 0 Å². The molecule has 0 aromatic heterocycles. The zero-order chi connectivity index (χ0) is 17.6. The molecule has 3 N–H and O–H groups in total. The molecule has 5 nitrogen and oxygen atoms in total. The van der Waals surface area contributed by atoms with Gasteiger partial charge in [0.2, 0.25) is 0 Å². The number of amides is 2. The minimum absolute atomic E-state index is 0.182. The van der Waals surface area contributed by atoms with Crippen LogP contribution in [0.15, 0.2) is 18.2 Å². The van der Waals surface area contributed by atoms with Gasteiger partial charge in [-0.3, -0.25) is 9.59 Å². The van der Waals surface area contributed by atoms with Crippen LogP contribution in [-0.4, -0.2) is 29.6 Å². The number of carbonyl (C=O) groups excluding carboxylic acids is 2. The fourth-order valence-corrected chi connectivity index (χ4v) is 2.51. The van der Waals surface area contributed by atoms with E-state index in [1.54, 1.807) is 0 Å². The van der Waals surface area contributed by atoms with Crippen LogP contribution in [0.2, 0.25) is 0 Å². The average Bonchev–Trinajstić information content (AvgIpc) is 2.47. The maximum Gasteiger partial charge on any atom is 0.313 e. The molecule has 0 aliphatic rings. The Morgan fingerprint density at radius 3 is 2.30 bits per heavy atom. The predicted molar refractivity (Wildman–Crippen MR) is 92.4 cm³/mol. The van der Waals surface area contributed by atoms with E-state index >= 15 is 0 Å². The van der Waals surface area contributed by atoms with Gasteiger partial charge in [-0.2, -0.15) is 0 Å². The normalized spacial score (nSPS) is 12.3. The molecule has 0 aliphatic heterocycles. The second-order valence-electron chi connectivity index (χ2n) is 6.63. The van der Waals surface area contributed by atoms with Crippen molar-refractivity contribution in [3.05, 3.63) is 29.3 Å². The summed E-state index contributed by atoms with van der Waals surface area (Å²) in [4.78, 5) is 24.2. The molecule has 0 saturated heterocycles. The summed E-state index contributed by atoms with van der Waals surface area (Å²) in [5.74, 6) is -0.870. The Morgan fingerprint density at radius 2 is 1.78 bits per heavy atom. The highest BCUT2D eigenvalue weighted by atomic mass is 16.3. The maximum atomic E-state index is 12.2. The van der Waals surface area contributed by atoms with Gasteiger partial charge in [0.15, 0.2) is 0 Å². The molecule has 1 aromatic carbocycles. The number of aliphatic hydroxyl groups is 1.